The number of rotatable bonds is 8. The van der Waals surface area contributed by atoms with Crippen molar-refractivity contribution in [3.8, 4) is 0 Å². The fourth-order valence-corrected chi connectivity index (χ4v) is 1.88. The fourth-order valence-electron chi connectivity index (χ4n) is 1.88. The number of aliphatic hydroxyl groups is 1. The van der Waals surface area contributed by atoms with Crippen LogP contribution in [0.25, 0.3) is 0 Å². The van der Waals surface area contributed by atoms with E-state index in [1.54, 1.807) is 0 Å². The molecule has 0 aliphatic rings. The van der Waals surface area contributed by atoms with E-state index >= 15 is 0 Å². The van der Waals surface area contributed by atoms with Crippen molar-refractivity contribution < 1.29 is 9.90 Å². The lowest BCUT2D eigenvalue weighted by Crippen LogP contribution is -2.23. The van der Waals surface area contributed by atoms with Crippen molar-refractivity contribution in [3.05, 3.63) is 35.4 Å². The highest BCUT2D eigenvalue weighted by molar-refractivity contribution is 5.75. The number of hydrogen-bond acceptors (Lipinski definition) is 2. The molecule has 1 rings (SSSR count). The molecule has 1 aromatic carbocycles. The second kappa shape index (κ2) is 8.70. The number of nitrogens with one attached hydrogen (secondary N) is 1. The summed E-state index contributed by atoms with van der Waals surface area (Å²) in [4.78, 5) is 11.6. The molecule has 0 bridgehead atoms. The normalized spacial score (nSPS) is 10.3. The van der Waals surface area contributed by atoms with Crippen molar-refractivity contribution in [1.29, 1.82) is 0 Å². The minimum atomic E-state index is 0.0164. The van der Waals surface area contributed by atoms with Gasteiger partial charge in [-0.15, -0.1) is 0 Å². The molecule has 1 aromatic rings. The van der Waals surface area contributed by atoms with Crippen molar-refractivity contribution in [2.75, 3.05) is 0 Å². The zero-order chi connectivity index (χ0) is 13.2. The lowest BCUT2D eigenvalue weighted by molar-refractivity contribution is -0.121. The summed E-state index contributed by atoms with van der Waals surface area (Å²) in [5.41, 5.74) is 1.87. The van der Waals surface area contributed by atoms with Crippen LogP contribution < -0.4 is 5.32 Å². The Morgan fingerprint density at radius 3 is 2.56 bits per heavy atom. The van der Waals surface area contributed by atoms with Crippen LogP contribution in [0.15, 0.2) is 24.3 Å². The van der Waals surface area contributed by atoms with Crippen LogP contribution >= 0.6 is 0 Å². The van der Waals surface area contributed by atoms with Crippen LogP contribution in [-0.4, -0.2) is 11.0 Å². The maximum atomic E-state index is 11.6. The molecule has 18 heavy (non-hydrogen) atoms. The standard InChI is InChI=1S/C15H23NO2/c1-2-3-4-5-10-15(18)16-11-13-8-6-7-9-14(13)12-17/h6-9,17H,2-5,10-12H2,1H3,(H,16,18). The zero-order valence-corrected chi connectivity index (χ0v) is 11.1. The SMILES string of the molecule is CCCCCCC(=O)NCc1ccccc1CO. The van der Waals surface area contributed by atoms with E-state index in [1.807, 2.05) is 24.3 Å². The smallest absolute Gasteiger partial charge is 0.220 e. The molecule has 3 nitrogen and oxygen atoms in total. The molecule has 1 amide bonds. The van der Waals surface area contributed by atoms with Gasteiger partial charge in [-0.3, -0.25) is 4.79 Å². The van der Waals surface area contributed by atoms with Crippen LogP contribution in [0.5, 0.6) is 0 Å². The van der Waals surface area contributed by atoms with Crippen LogP contribution in [-0.2, 0) is 17.9 Å². The van der Waals surface area contributed by atoms with Gasteiger partial charge >= 0.3 is 0 Å². The molecule has 0 saturated heterocycles. The summed E-state index contributed by atoms with van der Waals surface area (Å²) >= 11 is 0. The summed E-state index contributed by atoms with van der Waals surface area (Å²) in [5.74, 6) is 0.0962. The first kappa shape index (κ1) is 14.7. The first-order valence-corrected chi connectivity index (χ1v) is 6.72. The Balaban J connectivity index is 2.29. The van der Waals surface area contributed by atoms with E-state index in [-0.39, 0.29) is 12.5 Å². The molecule has 2 N–H and O–H groups in total. The van der Waals surface area contributed by atoms with Gasteiger partial charge in [0.1, 0.15) is 0 Å². The van der Waals surface area contributed by atoms with E-state index in [1.165, 1.54) is 12.8 Å². The summed E-state index contributed by atoms with van der Waals surface area (Å²) in [7, 11) is 0. The van der Waals surface area contributed by atoms with Crippen molar-refractivity contribution in [1.82, 2.24) is 5.32 Å². The number of amides is 1. The van der Waals surface area contributed by atoms with Gasteiger partial charge in [0, 0.05) is 13.0 Å². The largest absolute Gasteiger partial charge is 0.392 e. The maximum absolute atomic E-state index is 11.6. The number of carbonyl (C=O) groups excluding carboxylic acids is 1. The van der Waals surface area contributed by atoms with E-state index in [0.717, 1.165) is 24.0 Å². The van der Waals surface area contributed by atoms with Crippen molar-refractivity contribution in [2.45, 2.75) is 52.2 Å². The van der Waals surface area contributed by atoms with E-state index in [0.29, 0.717) is 13.0 Å². The van der Waals surface area contributed by atoms with E-state index < -0.39 is 0 Å². The highest BCUT2D eigenvalue weighted by atomic mass is 16.3. The molecule has 100 valence electrons. The Labute approximate surface area is 109 Å². The quantitative estimate of drug-likeness (QED) is 0.696. The third-order valence-electron chi connectivity index (χ3n) is 3.02. The highest BCUT2D eigenvalue weighted by Gasteiger charge is 2.03. The molecule has 0 fully saturated rings. The van der Waals surface area contributed by atoms with Gasteiger partial charge in [-0.1, -0.05) is 50.5 Å². The van der Waals surface area contributed by atoms with Crippen molar-refractivity contribution in [2.24, 2.45) is 0 Å². The lowest BCUT2D eigenvalue weighted by Gasteiger charge is -2.08. The summed E-state index contributed by atoms with van der Waals surface area (Å²) in [6.45, 7) is 2.68. The molecule has 0 radical (unpaired) electrons. The van der Waals surface area contributed by atoms with Crippen LogP contribution in [0.1, 0.15) is 50.2 Å². The van der Waals surface area contributed by atoms with Crippen LogP contribution in [0.4, 0.5) is 0 Å². The van der Waals surface area contributed by atoms with Gasteiger partial charge in [0.05, 0.1) is 6.61 Å². The minimum absolute atomic E-state index is 0.0164. The molecular formula is C15H23NO2. The topological polar surface area (TPSA) is 49.3 Å². The Morgan fingerprint density at radius 1 is 1.17 bits per heavy atom. The molecule has 0 heterocycles. The zero-order valence-electron chi connectivity index (χ0n) is 11.1. The summed E-state index contributed by atoms with van der Waals surface area (Å²) in [6, 6.07) is 7.62. The molecule has 0 atom stereocenters. The third-order valence-corrected chi connectivity index (χ3v) is 3.02. The molecule has 0 aromatic heterocycles. The Bertz CT molecular complexity index is 363. The number of unbranched alkanes of at least 4 members (excludes halogenated alkanes) is 3. The number of benzene rings is 1. The fraction of sp³-hybridized carbons (Fsp3) is 0.533. The number of carbonyl (C=O) groups is 1. The third kappa shape index (κ3) is 5.32. The molecular weight excluding hydrogens is 226 g/mol. The van der Waals surface area contributed by atoms with Gasteiger partial charge in [-0.2, -0.15) is 0 Å². The highest BCUT2D eigenvalue weighted by Crippen LogP contribution is 2.08. The first-order chi connectivity index (χ1) is 8.77. The Kier molecular flexibility index (Phi) is 7.11. The predicted octanol–water partition coefficient (Wildman–Crippen LogP) is 2.77. The molecule has 0 saturated carbocycles. The van der Waals surface area contributed by atoms with E-state index in [9.17, 15) is 9.90 Å². The molecule has 3 heteroatoms. The van der Waals surface area contributed by atoms with Gasteiger partial charge in [0.2, 0.25) is 5.91 Å². The Morgan fingerprint density at radius 2 is 1.89 bits per heavy atom. The Hall–Kier alpha value is -1.35. The second-order valence-corrected chi connectivity index (χ2v) is 4.51. The van der Waals surface area contributed by atoms with Gasteiger partial charge in [0.15, 0.2) is 0 Å². The van der Waals surface area contributed by atoms with E-state index in [2.05, 4.69) is 12.2 Å². The van der Waals surface area contributed by atoms with Crippen molar-refractivity contribution in [3.63, 3.8) is 0 Å². The number of hydrogen-bond donors (Lipinski definition) is 2. The first-order valence-electron chi connectivity index (χ1n) is 6.72. The van der Waals surface area contributed by atoms with Crippen LogP contribution in [0.3, 0.4) is 0 Å². The summed E-state index contributed by atoms with van der Waals surface area (Å²) < 4.78 is 0. The molecule has 0 unspecified atom stereocenters. The average molecular weight is 249 g/mol. The van der Waals surface area contributed by atoms with E-state index in [4.69, 9.17) is 0 Å². The minimum Gasteiger partial charge on any atom is -0.392 e. The molecule has 0 spiro atoms. The van der Waals surface area contributed by atoms with Gasteiger partial charge in [-0.05, 0) is 17.5 Å². The predicted molar refractivity (Wildman–Crippen MR) is 73.0 cm³/mol. The van der Waals surface area contributed by atoms with Crippen LogP contribution in [0.2, 0.25) is 0 Å². The number of aliphatic hydroxyl groups excluding tert-OH is 1. The average Bonchev–Trinajstić information content (AvgIpc) is 2.41. The van der Waals surface area contributed by atoms with Crippen LogP contribution in [0, 0.1) is 0 Å². The summed E-state index contributed by atoms with van der Waals surface area (Å²) in [6.07, 6.45) is 5.06. The van der Waals surface area contributed by atoms with Crippen molar-refractivity contribution >= 4 is 5.91 Å². The lowest BCUT2D eigenvalue weighted by atomic mass is 10.1. The molecule has 0 aliphatic heterocycles. The monoisotopic (exact) mass is 249 g/mol. The molecule has 0 aliphatic carbocycles. The second-order valence-electron chi connectivity index (χ2n) is 4.51. The maximum Gasteiger partial charge on any atom is 0.220 e. The van der Waals surface area contributed by atoms with Gasteiger partial charge < -0.3 is 10.4 Å². The van der Waals surface area contributed by atoms with Gasteiger partial charge in [-0.25, -0.2) is 0 Å². The summed E-state index contributed by atoms with van der Waals surface area (Å²) in [5, 5.41) is 12.1. The van der Waals surface area contributed by atoms with Gasteiger partial charge in [0.25, 0.3) is 0 Å².